The van der Waals surface area contributed by atoms with E-state index >= 15 is 0 Å². The van der Waals surface area contributed by atoms with Crippen LogP contribution in [0.4, 0.5) is 0 Å². The molecule has 0 bridgehead atoms. The monoisotopic (exact) mass is 616 g/mol. The average molecular weight is 616 g/mol. The van der Waals surface area contributed by atoms with Crippen LogP contribution >= 0.6 is 7.75 Å². The van der Waals surface area contributed by atoms with Gasteiger partial charge >= 0.3 is 7.75 Å². The Morgan fingerprint density at radius 1 is 0.405 bits per heavy atom. The average Bonchev–Trinajstić information content (AvgIpc) is 2.99. The number of hydrogen-bond acceptors (Lipinski definition) is 2. The molecule has 0 saturated carbocycles. The van der Waals surface area contributed by atoms with Gasteiger partial charge < -0.3 is 9.42 Å². The molecule has 0 heterocycles. The van der Waals surface area contributed by atoms with Crippen LogP contribution in [0.25, 0.3) is 0 Å². The first kappa shape index (κ1) is 42.1. The minimum absolute atomic E-state index is 0.679. The van der Waals surface area contributed by atoms with Gasteiger partial charge in [-0.1, -0.05) is 206 Å². The number of nitrogens with zero attached hydrogens (tertiary/aromatic N) is 1. The highest BCUT2D eigenvalue weighted by molar-refractivity contribution is 7.50. The van der Waals surface area contributed by atoms with Crippen LogP contribution in [-0.2, 0) is 9.09 Å². The summed E-state index contributed by atoms with van der Waals surface area (Å²) in [6, 6.07) is 0. The van der Waals surface area contributed by atoms with Crippen molar-refractivity contribution in [3.05, 3.63) is 0 Å². The van der Waals surface area contributed by atoms with Crippen LogP contribution in [0.1, 0.15) is 219 Å². The topological polar surface area (TPSA) is 49.8 Å². The van der Waals surface area contributed by atoms with E-state index in [0.29, 0.717) is 13.1 Å². The molecule has 0 aliphatic carbocycles. The first-order valence-corrected chi connectivity index (χ1v) is 20.8. The van der Waals surface area contributed by atoms with Crippen LogP contribution in [0, 0.1) is 0 Å². The molecule has 0 aliphatic heterocycles. The van der Waals surface area contributed by atoms with Gasteiger partial charge in [-0.25, -0.2) is 9.24 Å². The lowest BCUT2D eigenvalue weighted by Gasteiger charge is -2.25. The molecule has 0 aromatic carbocycles. The zero-order chi connectivity index (χ0) is 30.8. The molecule has 0 amide bonds. The minimum atomic E-state index is -3.63. The summed E-state index contributed by atoms with van der Waals surface area (Å²) >= 11 is 0. The van der Waals surface area contributed by atoms with Crippen LogP contribution in [0.2, 0.25) is 0 Å². The molecular weight excluding hydrogens is 537 g/mol. The summed E-state index contributed by atoms with van der Waals surface area (Å²) < 4.78 is 19.2. The van der Waals surface area contributed by atoms with Crippen molar-refractivity contribution in [3.8, 4) is 0 Å². The molecular formula is C37H78NO3P. The van der Waals surface area contributed by atoms with E-state index in [4.69, 9.17) is 4.52 Å². The molecule has 42 heavy (non-hydrogen) atoms. The van der Waals surface area contributed by atoms with E-state index in [-0.39, 0.29) is 0 Å². The highest BCUT2D eigenvalue weighted by atomic mass is 31.2. The Labute approximate surface area is 265 Å². The maximum atomic E-state index is 12.5. The van der Waals surface area contributed by atoms with Gasteiger partial charge in [0.1, 0.15) is 0 Å². The Hall–Kier alpha value is 0.110. The molecule has 1 unspecified atom stereocenters. The summed E-state index contributed by atoms with van der Waals surface area (Å²) in [6.07, 6.45) is 43.1. The largest absolute Gasteiger partial charge is 0.405 e. The fourth-order valence-electron chi connectivity index (χ4n) is 6.16. The summed E-state index contributed by atoms with van der Waals surface area (Å²) in [5.41, 5.74) is 0. The fraction of sp³-hybridized carbons (Fsp3) is 1.00. The summed E-state index contributed by atoms with van der Waals surface area (Å²) in [6.45, 7) is 5.93. The van der Waals surface area contributed by atoms with Crippen LogP contribution in [0.3, 0.4) is 0 Å². The van der Waals surface area contributed by atoms with Gasteiger partial charge in [0, 0.05) is 20.2 Å². The molecule has 1 atom stereocenters. The molecule has 0 radical (unpaired) electrons. The van der Waals surface area contributed by atoms with Crippen molar-refractivity contribution < 1.29 is 14.0 Å². The predicted octanol–water partition coefficient (Wildman–Crippen LogP) is 13.6. The second-order valence-corrected chi connectivity index (χ2v) is 15.1. The third-order valence-electron chi connectivity index (χ3n) is 9.13. The molecule has 5 heteroatoms. The molecule has 4 nitrogen and oxygen atoms in total. The van der Waals surface area contributed by atoms with Crippen molar-refractivity contribution in [2.75, 3.05) is 20.2 Å². The van der Waals surface area contributed by atoms with E-state index in [1.54, 1.807) is 4.67 Å². The Balaban J connectivity index is 3.60. The van der Waals surface area contributed by atoms with Crippen LogP contribution in [0.15, 0.2) is 0 Å². The number of hydrogen-bond donors (Lipinski definition) is 1. The standard InChI is InChI=1S/C37H78NO3P/c1-4-6-8-10-12-14-16-18-20-22-24-26-28-30-32-34-36-38(42(39,40)41-3)37-35-33-31-29-27-25-23-21-19-17-15-13-11-9-7-5-2/h4-37H2,1-3H3,(H,39,40). The maximum absolute atomic E-state index is 12.5. The molecule has 0 spiro atoms. The SMILES string of the molecule is CCCCCCCCCCCCCCCCCCN(CCCCCCCCCCCCCCCCCC)P(=O)(O)OC. The second-order valence-electron chi connectivity index (χ2n) is 13.2. The Morgan fingerprint density at radius 3 is 0.786 bits per heavy atom. The van der Waals surface area contributed by atoms with Gasteiger partial charge in [0.25, 0.3) is 0 Å². The van der Waals surface area contributed by atoms with Gasteiger partial charge in [-0.15, -0.1) is 0 Å². The smallest absolute Gasteiger partial charge is 0.312 e. The normalized spacial score (nSPS) is 13.3. The summed E-state index contributed by atoms with van der Waals surface area (Å²) in [5, 5.41) is 0. The van der Waals surface area contributed by atoms with Crippen molar-refractivity contribution in [3.63, 3.8) is 0 Å². The second kappa shape index (κ2) is 34.0. The van der Waals surface area contributed by atoms with E-state index in [9.17, 15) is 9.46 Å². The molecule has 254 valence electrons. The highest BCUT2D eigenvalue weighted by Gasteiger charge is 2.27. The highest BCUT2D eigenvalue weighted by Crippen LogP contribution is 2.45. The van der Waals surface area contributed by atoms with Gasteiger partial charge in [0.15, 0.2) is 0 Å². The summed E-state index contributed by atoms with van der Waals surface area (Å²) in [4.78, 5) is 10.3. The molecule has 0 fully saturated rings. The molecule has 1 N–H and O–H groups in total. The van der Waals surface area contributed by atoms with Crippen LogP contribution in [0.5, 0.6) is 0 Å². The fourth-order valence-corrected chi connectivity index (χ4v) is 7.18. The van der Waals surface area contributed by atoms with Crippen LogP contribution < -0.4 is 0 Å². The molecule has 0 aliphatic rings. The third-order valence-corrected chi connectivity index (χ3v) is 10.7. The van der Waals surface area contributed by atoms with E-state index < -0.39 is 7.75 Å². The van der Waals surface area contributed by atoms with E-state index in [1.807, 2.05) is 0 Å². The molecule has 0 rings (SSSR count). The van der Waals surface area contributed by atoms with Gasteiger partial charge in [0.2, 0.25) is 0 Å². The maximum Gasteiger partial charge on any atom is 0.405 e. The lowest BCUT2D eigenvalue weighted by molar-refractivity contribution is 0.230. The zero-order valence-electron chi connectivity index (χ0n) is 29.2. The van der Waals surface area contributed by atoms with Gasteiger partial charge in [-0.3, -0.25) is 0 Å². The van der Waals surface area contributed by atoms with E-state index in [0.717, 1.165) is 25.7 Å². The Kier molecular flexibility index (Phi) is 34.1. The Bertz CT molecular complexity index is 523. The van der Waals surface area contributed by atoms with Crippen molar-refractivity contribution in [1.82, 2.24) is 4.67 Å². The van der Waals surface area contributed by atoms with Gasteiger partial charge in [0.05, 0.1) is 0 Å². The van der Waals surface area contributed by atoms with Gasteiger partial charge in [-0.05, 0) is 12.8 Å². The van der Waals surface area contributed by atoms with E-state index in [1.165, 1.54) is 187 Å². The van der Waals surface area contributed by atoms with Crippen molar-refractivity contribution >= 4 is 7.75 Å². The lowest BCUT2D eigenvalue weighted by atomic mass is 10.0. The first-order chi connectivity index (χ1) is 20.6. The summed E-state index contributed by atoms with van der Waals surface area (Å²) in [7, 11) is -2.26. The van der Waals surface area contributed by atoms with Crippen molar-refractivity contribution in [2.24, 2.45) is 0 Å². The minimum Gasteiger partial charge on any atom is -0.312 e. The molecule has 0 aromatic heterocycles. The summed E-state index contributed by atoms with van der Waals surface area (Å²) in [5.74, 6) is 0. The number of unbranched alkanes of at least 4 members (excludes halogenated alkanes) is 30. The Morgan fingerprint density at radius 2 is 0.595 bits per heavy atom. The zero-order valence-corrected chi connectivity index (χ0v) is 30.1. The predicted molar refractivity (Wildman–Crippen MR) is 187 cm³/mol. The number of rotatable bonds is 36. The lowest BCUT2D eigenvalue weighted by Crippen LogP contribution is -2.23. The van der Waals surface area contributed by atoms with Crippen molar-refractivity contribution in [2.45, 2.75) is 219 Å². The van der Waals surface area contributed by atoms with Gasteiger partial charge in [-0.2, -0.15) is 0 Å². The quantitative estimate of drug-likeness (QED) is 0.0562. The molecule has 0 aromatic rings. The van der Waals surface area contributed by atoms with Crippen molar-refractivity contribution in [1.29, 1.82) is 0 Å². The molecule has 0 saturated heterocycles. The van der Waals surface area contributed by atoms with Crippen LogP contribution in [-0.4, -0.2) is 29.8 Å². The first-order valence-electron chi connectivity index (χ1n) is 19.2. The van der Waals surface area contributed by atoms with E-state index in [2.05, 4.69) is 13.8 Å². The third kappa shape index (κ3) is 30.1.